The lowest BCUT2D eigenvalue weighted by molar-refractivity contribution is 0.0948. The van der Waals surface area contributed by atoms with Crippen molar-refractivity contribution < 1.29 is 13.2 Å². The Morgan fingerprint density at radius 1 is 0.947 bits per heavy atom. The predicted octanol–water partition coefficient (Wildman–Crippen LogP) is 4.21. The third-order valence-electron chi connectivity index (χ3n) is 6.68. The predicted molar refractivity (Wildman–Crippen MR) is 154 cm³/mol. The van der Waals surface area contributed by atoms with E-state index in [0.29, 0.717) is 17.8 Å². The van der Waals surface area contributed by atoms with E-state index in [1.54, 1.807) is 53.8 Å². The average molecular weight is 550 g/mol. The van der Waals surface area contributed by atoms with Gasteiger partial charge in [-0.2, -0.15) is 0 Å². The Morgan fingerprint density at radius 3 is 2.39 bits per heavy atom. The Balaban J connectivity index is 1.08. The van der Waals surface area contributed by atoms with E-state index < -0.39 is 10.0 Å². The molecular formula is C28H31N5O3S2. The van der Waals surface area contributed by atoms with Crippen molar-refractivity contribution in [1.82, 2.24) is 15.2 Å². The van der Waals surface area contributed by atoms with Crippen LogP contribution in [0.1, 0.15) is 22.8 Å². The van der Waals surface area contributed by atoms with Crippen molar-refractivity contribution >= 4 is 48.3 Å². The maximum absolute atomic E-state index is 12.6. The second-order valence-electron chi connectivity index (χ2n) is 9.19. The summed E-state index contributed by atoms with van der Waals surface area (Å²) in [4.78, 5) is 22.4. The maximum Gasteiger partial charge on any atom is 0.261 e. The second kappa shape index (κ2) is 11.5. The molecule has 2 N–H and O–H groups in total. The molecule has 1 saturated heterocycles. The van der Waals surface area contributed by atoms with Gasteiger partial charge in [0.25, 0.3) is 15.9 Å². The van der Waals surface area contributed by atoms with E-state index in [-0.39, 0.29) is 10.8 Å². The van der Waals surface area contributed by atoms with Crippen molar-refractivity contribution in [2.75, 3.05) is 48.9 Å². The number of rotatable bonds is 9. The van der Waals surface area contributed by atoms with Crippen LogP contribution in [0.4, 0.5) is 10.8 Å². The molecule has 0 radical (unpaired) electrons. The molecule has 0 unspecified atom stereocenters. The van der Waals surface area contributed by atoms with Gasteiger partial charge in [-0.3, -0.25) is 14.4 Å². The molecule has 10 heteroatoms. The monoisotopic (exact) mass is 549 g/mol. The summed E-state index contributed by atoms with van der Waals surface area (Å²) in [6.07, 6.45) is 0.983. The standard InChI is InChI=1S/C28H31N5O3S2/c1-2-21-7-6-10-25-26(21)30-28(37-25)33-19-17-32(18-20-33)16-15-29-27(34)22-11-13-23(14-12-22)31-38(35,36)24-8-4-3-5-9-24/h3-14,31H,2,15-20H2,1H3,(H,29,34). The molecule has 1 amide bonds. The highest BCUT2D eigenvalue weighted by molar-refractivity contribution is 7.92. The number of sulfonamides is 1. The number of carbonyl (C=O) groups is 1. The molecule has 0 bridgehead atoms. The Hall–Kier alpha value is -3.47. The lowest BCUT2D eigenvalue weighted by Gasteiger charge is -2.34. The molecule has 198 valence electrons. The van der Waals surface area contributed by atoms with Crippen LogP contribution in [0.5, 0.6) is 0 Å². The molecule has 38 heavy (non-hydrogen) atoms. The van der Waals surface area contributed by atoms with Gasteiger partial charge in [0.2, 0.25) is 0 Å². The molecule has 0 saturated carbocycles. The number of nitrogens with zero attached hydrogens (tertiary/aromatic N) is 3. The van der Waals surface area contributed by atoms with Crippen molar-refractivity contribution in [3.63, 3.8) is 0 Å². The molecule has 0 spiro atoms. The first kappa shape index (κ1) is 26.1. The molecule has 3 aromatic carbocycles. The van der Waals surface area contributed by atoms with E-state index >= 15 is 0 Å². The zero-order valence-corrected chi connectivity index (χ0v) is 22.9. The van der Waals surface area contributed by atoms with E-state index in [1.807, 2.05) is 0 Å². The smallest absolute Gasteiger partial charge is 0.261 e. The number of piperazine rings is 1. The summed E-state index contributed by atoms with van der Waals surface area (Å²) in [5, 5.41) is 4.06. The van der Waals surface area contributed by atoms with Crippen LogP contribution in [0.2, 0.25) is 0 Å². The highest BCUT2D eigenvalue weighted by atomic mass is 32.2. The third-order valence-corrected chi connectivity index (χ3v) is 9.16. The summed E-state index contributed by atoms with van der Waals surface area (Å²) in [6, 6.07) is 21.0. The Kier molecular flexibility index (Phi) is 7.92. The summed E-state index contributed by atoms with van der Waals surface area (Å²) in [6.45, 7) is 7.14. The number of hydrogen-bond acceptors (Lipinski definition) is 7. The summed E-state index contributed by atoms with van der Waals surface area (Å²) < 4.78 is 28.7. The lowest BCUT2D eigenvalue weighted by atomic mass is 10.1. The van der Waals surface area contributed by atoms with E-state index in [0.717, 1.165) is 49.8 Å². The molecule has 1 aliphatic rings. The average Bonchev–Trinajstić information content (AvgIpc) is 3.39. The third kappa shape index (κ3) is 5.98. The zero-order chi connectivity index (χ0) is 26.5. The number of nitrogens with one attached hydrogen (secondary N) is 2. The number of fused-ring (bicyclic) bond motifs is 1. The fourth-order valence-corrected chi connectivity index (χ4v) is 6.66. The molecule has 1 aromatic heterocycles. The van der Waals surface area contributed by atoms with Gasteiger partial charge in [-0.1, -0.05) is 48.6 Å². The van der Waals surface area contributed by atoms with Crippen molar-refractivity contribution in [2.45, 2.75) is 18.2 Å². The van der Waals surface area contributed by atoms with Gasteiger partial charge < -0.3 is 10.2 Å². The minimum atomic E-state index is -3.67. The number of aromatic nitrogens is 1. The summed E-state index contributed by atoms with van der Waals surface area (Å²) in [5.41, 5.74) is 3.31. The molecule has 5 rings (SSSR count). The number of hydrogen-bond donors (Lipinski definition) is 2. The van der Waals surface area contributed by atoms with Gasteiger partial charge in [-0.15, -0.1) is 0 Å². The molecule has 2 heterocycles. The Labute approximate surface area is 227 Å². The van der Waals surface area contributed by atoms with Crippen LogP contribution in [0.15, 0.2) is 77.7 Å². The fraction of sp³-hybridized carbons (Fsp3) is 0.286. The van der Waals surface area contributed by atoms with Crippen LogP contribution in [-0.4, -0.2) is 63.5 Å². The van der Waals surface area contributed by atoms with Crippen LogP contribution in [0.25, 0.3) is 10.2 Å². The van der Waals surface area contributed by atoms with Gasteiger partial charge in [-0.05, 0) is 54.4 Å². The minimum absolute atomic E-state index is 0.178. The highest BCUT2D eigenvalue weighted by Gasteiger charge is 2.20. The van der Waals surface area contributed by atoms with Crippen molar-refractivity contribution in [2.24, 2.45) is 0 Å². The lowest BCUT2D eigenvalue weighted by Crippen LogP contribution is -2.48. The van der Waals surface area contributed by atoms with Crippen LogP contribution >= 0.6 is 11.3 Å². The Bertz CT molecular complexity index is 1500. The molecule has 8 nitrogen and oxygen atoms in total. The first-order valence-corrected chi connectivity index (χ1v) is 15.0. The Morgan fingerprint density at radius 2 is 1.68 bits per heavy atom. The highest BCUT2D eigenvalue weighted by Crippen LogP contribution is 2.31. The van der Waals surface area contributed by atoms with Gasteiger partial charge in [0, 0.05) is 50.5 Å². The van der Waals surface area contributed by atoms with E-state index in [9.17, 15) is 13.2 Å². The van der Waals surface area contributed by atoms with Crippen molar-refractivity contribution in [1.29, 1.82) is 0 Å². The van der Waals surface area contributed by atoms with Gasteiger partial charge in [0.15, 0.2) is 5.13 Å². The fourth-order valence-electron chi connectivity index (χ4n) is 4.51. The molecule has 0 aliphatic carbocycles. The second-order valence-corrected chi connectivity index (χ2v) is 11.9. The zero-order valence-electron chi connectivity index (χ0n) is 21.3. The van der Waals surface area contributed by atoms with Gasteiger partial charge >= 0.3 is 0 Å². The summed E-state index contributed by atoms with van der Waals surface area (Å²) in [5.74, 6) is -0.178. The number of carbonyl (C=O) groups excluding carboxylic acids is 1. The van der Waals surface area contributed by atoms with Crippen LogP contribution in [0, 0.1) is 0 Å². The van der Waals surface area contributed by atoms with Gasteiger partial charge in [-0.25, -0.2) is 13.4 Å². The van der Waals surface area contributed by atoms with E-state index in [1.165, 1.54) is 22.4 Å². The topological polar surface area (TPSA) is 94.6 Å². The number of benzene rings is 3. The van der Waals surface area contributed by atoms with Crippen molar-refractivity contribution in [3.05, 3.63) is 83.9 Å². The normalized spacial score (nSPS) is 14.5. The first-order chi connectivity index (χ1) is 18.4. The molecule has 1 fully saturated rings. The molecule has 0 atom stereocenters. The van der Waals surface area contributed by atoms with Gasteiger partial charge in [0.1, 0.15) is 0 Å². The minimum Gasteiger partial charge on any atom is -0.351 e. The SMILES string of the molecule is CCc1cccc2sc(N3CCN(CCNC(=O)c4ccc(NS(=O)(=O)c5ccccc5)cc4)CC3)nc12. The first-order valence-electron chi connectivity index (χ1n) is 12.7. The number of amides is 1. The number of aryl methyl sites for hydroxylation is 1. The molecule has 4 aromatic rings. The van der Waals surface area contributed by atoms with Crippen LogP contribution < -0.4 is 14.9 Å². The number of para-hydroxylation sites is 1. The summed E-state index contributed by atoms with van der Waals surface area (Å²) >= 11 is 1.76. The van der Waals surface area contributed by atoms with Crippen LogP contribution in [0.3, 0.4) is 0 Å². The number of anilines is 2. The summed E-state index contributed by atoms with van der Waals surface area (Å²) in [7, 11) is -3.67. The van der Waals surface area contributed by atoms with Crippen molar-refractivity contribution in [3.8, 4) is 0 Å². The maximum atomic E-state index is 12.6. The van der Waals surface area contributed by atoms with E-state index in [4.69, 9.17) is 4.98 Å². The van der Waals surface area contributed by atoms with Gasteiger partial charge in [0.05, 0.1) is 15.1 Å². The molecule has 1 aliphatic heterocycles. The largest absolute Gasteiger partial charge is 0.351 e. The molecular weight excluding hydrogens is 518 g/mol. The van der Waals surface area contributed by atoms with E-state index in [2.05, 4.69) is 45.0 Å². The van der Waals surface area contributed by atoms with Crippen LogP contribution in [-0.2, 0) is 16.4 Å². The number of thiazole rings is 1. The quantitative estimate of drug-likeness (QED) is 0.325.